The van der Waals surface area contributed by atoms with Gasteiger partial charge in [-0.2, -0.15) is 0 Å². The van der Waals surface area contributed by atoms with Crippen LogP contribution in [0.2, 0.25) is 0 Å². The van der Waals surface area contributed by atoms with Crippen LogP contribution in [0.4, 0.5) is 0 Å². The van der Waals surface area contributed by atoms with E-state index in [0.717, 1.165) is 0 Å². The summed E-state index contributed by atoms with van der Waals surface area (Å²) in [5, 5.41) is 25.8. The van der Waals surface area contributed by atoms with E-state index in [1.54, 1.807) is 0 Å². The van der Waals surface area contributed by atoms with Gasteiger partial charge < -0.3 is 15.3 Å². The van der Waals surface area contributed by atoms with E-state index in [9.17, 15) is 0 Å². The van der Waals surface area contributed by atoms with Crippen molar-refractivity contribution in [2.75, 3.05) is 0 Å². The van der Waals surface area contributed by atoms with Crippen LogP contribution >= 0.6 is 0 Å². The molecule has 4 nitrogen and oxygen atoms in total. The second kappa shape index (κ2) is 1.99. The lowest BCUT2D eigenvalue weighted by molar-refractivity contribution is 0.275. The highest BCUT2D eigenvalue weighted by molar-refractivity contribution is 5.31. The number of aliphatic hydroxyl groups excluding tert-OH is 1. The van der Waals surface area contributed by atoms with Crippen molar-refractivity contribution in [3.63, 3.8) is 0 Å². The quantitative estimate of drug-likeness (QED) is 0.428. The SMILES string of the molecule is OCc1cc(O)[nH]c1O. The smallest absolute Gasteiger partial charge is 0.196 e. The molecule has 0 aliphatic rings. The standard InChI is InChI=1S/C5H7NO3/c7-2-3-1-4(8)6-5(3)9/h1,6-9H,2H2. The lowest BCUT2D eigenvalue weighted by atomic mass is 10.3. The molecule has 0 atom stereocenters. The average molecular weight is 129 g/mol. The molecule has 0 saturated heterocycles. The number of rotatable bonds is 1. The molecular formula is C5H7NO3. The highest BCUT2D eigenvalue weighted by atomic mass is 16.3. The number of aromatic amines is 1. The largest absolute Gasteiger partial charge is 0.495 e. The number of hydrogen-bond acceptors (Lipinski definition) is 3. The predicted molar refractivity (Wildman–Crippen MR) is 30.0 cm³/mol. The summed E-state index contributed by atoms with van der Waals surface area (Å²) in [5.74, 6) is -0.327. The zero-order valence-corrected chi connectivity index (χ0v) is 4.63. The summed E-state index contributed by atoms with van der Waals surface area (Å²) in [7, 11) is 0. The van der Waals surface area contributed by atoms with Crippen molar-refractivity contribution >= 4 is 0 Å². The van der Waals surface area contributed by atoms with Crippen LogP contribution in [0, 0.1) is 0 Å². The van der Waals surface area contributed by atoms with Gasteiger partial charge in [0.05, 0.1) is 6.61 Å². The van der Waals surface area contributed by atoms with Crippen LogP contribution in [0.5, 0.6) is 11.8 Å². The van der Waals surface area contributed by atoms with E-state index in [-0.39, 0.29) is 18.4 Å². The minimum atomic E-state index is -0.275. The summed E-state index contributed by atoms with van der Waals surface area (Å²) >= 11 is 0. The maximum absolute atomic E-state index is 8.76. The van der Waals surface area contributed by atoms with E-state index in [0.29, 0.717) is 5.56 Å². The highest BCUT2D eigenvalue weighted by Crippen LogP contribution is 2.20. The molecule has 0 radical (unpaired) electrons. The van der Waals surface area contributed by atoms with Crippen molar-refractivity contribution in [2.45, 2.75) is 6.61 Å². The molecule has 1 rings (SSSR count). The zero-order valence-electron chi connectivity index (χ0n) is 4.63. The van der Waals surface area contributed by atoms with Gasteiger partial charge in [0.15, 0.2) is 11.8 Å². The van der Waals surface area contributed by atoms with E-state index in [2.05, 4.69) is 4.98 Å². The number of H-pyrrole nitrogens is 1. The van der Waals surface area contributed by atoms with E-state index in [4.69, 9.17) is 15.3 Å². The predicted octanol–water partition coefficient (Wildman–Crippen LogP) is -0.0818. The molecule has 50 valence electrons. The maximum atomic E-state index is 8.76. The molecule has 1 aromatic rings. The van der Waals surface area contributed by atoms with Crippen LogP contribution in [0.25, 0.3) is 0 Å². The van der Waals surface area contributed by atoms with Crippen molar-refractivity contribution in [3.05, 3.63) is 11.6 Å². The van der Waals surface area contributed by atoms with E-state index in [1.165, 1.54) is 6.07 Å². The molecule has 0 fully saturated rings. The fourth-order valence-corrected chi connectivity index (χ4v) is 0.592. The van der Waals surface area contributed by atoms with Gasteiger partial charge in [-0.1, -0.05) is 0 Å². The minimum absolute atomic E-state index is 0.142. The Morgan fingerprint density at radius 2 is 2.11 bits per heavy atom. The third kappa shape index (κ3) is 0.972. The van der Waals surface area contributed by atoms with Crippen LogP contribution in [-0.2, 0) is 6.61 Å². The molecule has 1 heterocycles. The summed E-state index contributed by atoms with van der Waals surface area (Å²) in [4.78, 5) is 2.21. The summed E-state index contributed by atoms with van der Waals surface area (Å²) in [6.45, 7) is -0.275. The van der Waals surface area contributed by atoms with Gasteiger partial charge in [0.1, 0.15) is 0 Å². The molecule has 0 spiro atoms. The first-order valence-corrected chi connectivity index (χ1v) is 2.44. The molecular weight excluding hydrogens is 122 g/mol. The third-order valence-corrected chi connectivity index (χ3v) is 1.03. The fourth-order valence-electron chi connectivity index (χ4n) is 0.592. The average Bonchev–Trinajstić information content (AvgIpc) is 2.10. The first kappa shape index (κ1) is 5.97. The molecule has 0 aromatic carbocycles. The molecule has 0 saturated carbocycles. The Bertz CT molecular complexity index is 206. The highest BCUT2D eigenvalue weighted by Gasteiger charge is 2.02. The van der Waals surface area contributed by atoms with Crippen LogP contribution in [0.3, 0.4) is 0 Å². The van der Waals surface area contributed by atoms with Crippen LogP contribution in [0.1, 0.15) is 5.56 Å². The summed E-state index contributed by atoms with van der Waals surface area (Å²) < 4.78 is 0. The first-order chi connectivity index (χ1) is 4.24. The Hall–Kier alpha value is -1.16. The fraction of sp³-hybridized carbons (Fsp3) is 0.200. The Kier molecular flexibility index (Phi) is 1.32. The summed E-state index contributed by atoms with van der Waals surface area (Å²) in [5.41, 5.74) is 0.299. The van der Waals surface area contributed by atoms with Gasteiger partial charge in [0.2, 0.25) is 0 Å². The van der Waals surface area contributed by atoms with Gasteiger partial charge in [0, 0.05) is 11.6 Å². The zero-order chi connectivity index (χ0) is 6.85. The molecule has 0 aliphatic heterocycles. The second-order valence-corrected chi connectivity index (χ2v) is 1.69. The molecule has 0 bridgehead atoms. The summed E-state index contributed by atoms with van der Waals surface area (Å²) in [6, 6.07) is 1.26. The normalized spacial score (nSPS) is 9.89. The van der Waals surface area contributed by atoms with E-state index in [1.807, 2.05) is 0 Å². The maximum Gasteiger partial charge on any atom is 0.196 e. The van der Waals surface area contributed by atoms with Crippen molar-refractivity contribution < 1.29 is 15.3 Å². The molecule has 0 amide bonds. The van der Waals surface area contributed by atoms with Crippen molar-refractivity contribution in [2.24, 2.45) is 0 Å². The van der Waals surface area contributed by atoms with Gasteiger partial charge >= 0.3 is 0 Å². The number of aliphatic hydroxyl groups is 1. The molecule has 0 unspecified atom stereocenters. The Morgan fingerprint density at radius 3 is 2.33 bits per heavy atom. The van der Waals surface area contributed by atoms with E-state index >= 15 is 0 Å². The Morgan fingerprint density at radius 1 is 1.44 bits per heavy atom. The Balaban J connectivity index is 3.01. The van der Waals surface area contributed by atoms with Gasteiger partial charge in [-0.05, 0) is 0 Å². The van der Waals surface area contributed by atoms with Gasteiger partial charge in [-0.25, -0.2) is 0 Å². The number of hydrogen-bond donors (Lipinski definition) is 4. The molecule has 9 heavy (non-hydrogen) atoms. The third-order valence-electron chi connectivity index (χ3n) is 1.03. The van der Waals surface area contributed by atoms with Crippen LogP contribution in [0.15, 0.2) is 6.07 Å². The topological polar surface area (TPSA) is 76.5 Å². The minimum Gasteiger partial charge on any atom is -0.495 e. The van der Waals surface area contributed by atoms with E-state index < -0.39 is 0 Å². The number of aromatic hydroxyl groups is 2. The van der Waals surface area contributed by atoms with Crippen molar-refractivity contribution in [1.29, 1.82) is 0 Å². The van der Waals surface area contributed by atoms with Crippen molar-refractivity contribution in [1.82, 2.24) is 4.98 Å². The second-order valence-electron chi connectivity index (χ2n) is 1.69. The number of aromatic nitrogens is 1. The van der Waals surface area contributed by atoms with Crippen LogP contribution < -0.4 is 0 Å². The molecule has 4 N–H and O–H groups in total. The van der Waals surface area contributed by atoms with Crippen molar-refractivity contribution in [3.8, 4) is 11.8 Å². The molecule has 1 aromatic heterocycles. The van der Waals surface area contributed by atoms with Gasteiger partial charge in [0.25, 0.3) is 0 Å². The van der Waals surface area contributed by atoms with Gasteiger partial charge in [-0.15, -0.1) is 0 Å². The Labute approximate surface area is 51.4 Å². The summed E-state index contributed by atoms with van der Waals surface area (Å²) in [6.07, 6.45) is 0. The lowest BCUT2D eigenvalue weighted by Gasteiger charge is -1.86. The molecule has 4 heteroatoms. The first-order valence-electron chi connectivity index (χ1n) is 2.44. The number of nitrogens with one attached hydrogen (secondary N) is 1. The van der Waals surface area contributed by atoms with Gasteiger partial charge in [-0.3, -0.25) is 4.98 Å². The van der Waals surface area contributed by atoms with Crippen LogP contribution in [-0.4, -0.2) is 20.3 Å². The lowest BCUT2D eigenvalue weighted by Crippen LogP contribution is -1.76. The molecule has 0 aliphatic carbocycles. The monoisotopic (exact) mass is 129 g/mol.